The van der Waals surface area contributed by atoms with Crippen molar-refractivity contribution in [2.24, 2.45) is 5.92 Å². The fraction of sp³-hybridized carbons (Fsp3) is 0.435. The number of nitrogens with one attached hydrogen (secondary N) is 1. The number of aryl methyl sites for hydroxylation is 3. The van der Waals surface area contributed by atoms with E-state index in [4.69, 9.17) is 0 Å². The van der Waals surface area contributed by atoms with Gasteiger partial charge in [0.15, 0.2) is 0 Å². The summed E-state index contributed by atoms with van der Waals surface area (Å²) < 4.78 is 0. The van der Waals surface area contributed by atoms with Crippen molar-refractivity contribution in [3.63, 3.8) is 0 Å². The van der Waals surface area contributed by atoms with Gasteiger partial charge in [0.25, 0.3) is 0 Å². The largest absolute Gasteiger partial charge is 0.356 e. The van der Waals surface area contributed by atoms with Crippen molar-refractivity contribution in [1.29, 1.82) is 0 Å². The molecule has 1 amide bonds. The Labute approximate surface area is 176 Å². The van der Waals surface area contributed by atoms with Crippen LogP contribution in [-0.2, 0) is 11.2 Å². The molecule has 4 rings (SSSR count). The lowest BCUT2D eigenvalue weighted by Crippen LogP contribution is -2.41. The van der Waals surface area contributed by atoms with Gasteiger partial charge in [0.2, 0.25) is 5.91 Å². The highest BCUT2D eigenvalue weighted by Crippen LogP contribution is 2.35. The summed E-state index contributed by atoms with van der Waals surface area (Å²) in [5, 5.41) is 4.31. The molecule has 2 aromatic heterocycles. The van der Waals surface area contributed by atoms with E-state index < -0.39 is 0 Å². The smallest absolute Gasteiger partial charge is 0.223 e. The number of carbonyl (C=O) groups is 1. The summed E-state index contributed by atoms with van der Waals surface area (Å²) in [4.78, 5) is 26.3. The number of fused-ring (bicyclic) bond motifs is 1. The summed E-state index contributed by atoms with van der Waals surface area (Å²) in [5.41, 5.74) is 3.81. The molecule has 1 aromatic carbocycles. The highest BCUT2D eigenvalue weighted by Gasteiger charge is 2.27. The average Bonchev–Trinajstić information content (AvgIpc) is 3.02. The minimum Gasteiger partial charge on any atom is -0.356 e. The Morgan fingerprint density at radius 1 is 1.21 bits per heavy atom. The summed E-state index contributed by atoms with van der Waals surface area (Å²) in [6.07, 6.45) is 4.27. The van der Waals surface area contributed by atoms with E-state index in [1.807, 2.05) is 0 Å². The van der Waals surface area contributed by atoms with Crippen LogP contribution in [0.15, 0.2) is 30.6 Å². The van der Waals surface area contributed by atoms with Crippen molar-refractivity contribution in [2.45, 2.75) is 40.0 Å². The highest BCUT2D eigenvalue weighted by atomic mass is 32.1. The van der Waals surface area contributed by atoms with Crippen LogP contribution in [0, 0.1) is 26.7 Å². The third-order valence-electron chi connectivity index (χ3n) is 5.91. The molecular weight excluding hydrogens is 380 g/mol. The first-order valence-corrected chi connectivity index (χ1v) is 11.1. The SMILES string of the molecule is Cc1cccc(CCNC(=O)C2CCN(c3ncnc4sc(C)c(C)c34)CC2)c1. The maximum Gasteiger partial charge on any atom is 0.223 e. The van der Waals surface area contributed by atoms with Crippen LogP contribution in [0.1, 0.15) is 34.4 Å². The lowest BCUT2D eigenvalue weighted by Gasteiger charge is -2.32. The van der Waals surface area contributed by atoms with Crippen molar-refractivity contribution in [2.75, 3.05) is 24.5 Å². The molecule has 152 valence electrons. The lowest BCUT2D eigenvalue weighted by molar-refractivity contribution is -0.125. The maximum absolute atomic E-state index is 12.6. The average molecular weight is 409 g/mol. The predicted octanol–water partition coefficient (Wildman–Crippen LogP) is 4.19. The molecule has 0 unspecified atom stereocenters. The van der Waals surface area contributed by atoms with Gasteiger partial charge in [0.05, 0.1) is 5.39 Å². The van der Waals surface area contributed by atoms with Crippen LogP contribution in [0.3, 0.4) is 0 Å². The van der Waals surface area contributed by atoms with E-state index in [-0.39, 0.29) is 11.8 Å². The van der Waals surface area contributed by atoms with Gasteiger partial charge >= 0.3 is 0 Å². The topological polar surface area (TPSA) is 58.1 Å². The monoisotopic (exact) mass is 408 g/mol. The second-order valence-electron chi connectivity index (χ2n) is 7.95. The Morgan fingerprint density at radius 2 is 2.00 bits per heavy atom. The molecule has 0 spiro atoms. The number of nitrogens with zero attached hydrogens (tertiary/aromatic N) is 3. The molecule has 3 aromatic rings. The van der Waals surface area contributed by atoms with E-state index in [0.717, 1.165) is 43.0 Å². The number of amides is 1. The molecule has 1 fully saturated rings. The number of thiophene rings is 1. The Balaban J connectivity index is 1.33. The van der Waals surface area contributed by atoms with Crippen LogP contribution in [-0.4, -0.2) is 35.5 Å². The molecule has 0 radical (unpaired) electrons. The second kappa shape index (κ2) is 8.49. The molecule has 0 atom stereocenters. The van der Waals surface area contributed by atoms with Gasteiger partial charge in [-0.2, -0.15) is 0 Å². The molecule has 29 heavy (non-hydrogen) atoms. The van der Waals surface area contributed by atoms with Gasteiger partial charge in [0.1, 0.15) is 17.0 Å². The van der Waals surface area contributed by atoms with E-state index in [0.29, 0.717) is 6.54 Å². The Morgan fingerprint density at radius 3 is 2.76 bits per heavy atom. The van der Waals surface area contributed by atoms with Gasteiger partial charge in [-0.05, 0) is 51.2 Å². The minimum absolute atomic E-state index is 0.0893. The van der Waals surface area contributed by atoms with Gasteiger partial charge in [0, 0.05) is 30.4 Å². The lowest BCUT2D eigenvalue weighted by atomic mass is 9.95. The van der Waals surface area contributed by atoms with Crippen molar-refractivity contribution in [1.82, 2.24) is 15.3 Å². The zero-order chi connectivity index (χ0) is 20.4. The minimum atomic E-state index is 0.0893. The molecule has 1 aliphatic rings. The number of aromatic nitrogens is 2. The number of benzene rings is 1. The van der Waals surface area contributed by atoms with Crippen molar-refractivity contribution >= 4 is 33.3 Å². The standard InChI is InChI=1S/C23H28N4OS/c1-15-5-4-6-18(13-15)7-10-24-22(28)19-8-11-27(12-9-19)21-20-16(2)17(3)29-23(20)26-14-25-21/h4-6,13-14,19H,7-12H2,1-3H3,(H,24,28). The van der Waals surface area contributed by atoms with Crippen LogP contribution < -0.4 is 10.2 Å². The maximum atomic E-state index is 12.6. The normalized spacial score (nSPS) is 15.1. The first kappa shape index (κ1) is 19.8. The van der Waals surface area contributed by atoms with E-state index in [2.05, 4.69) is 65.2 Å². The third-order valence-corrected chi connectivity index (χ3v) is 7.02. The summed E-state index contributed by atoms with van der Waals surface area (Å²) in [6.45, 7) is 8.80. The molecule has 0 saturated carbocycles. The van der Waals surface area contributed by atoms with E-state index in [1.54, 1.807) is 17.7 Å². The van der Waals surface area contributed by atoms with Crippen LogP contribution in [0.5, 0.6) is 0 Å². The van der Waals surface area contributed by atoms with Crippen LogP contribution in [0.2, 0.25) is 0 Å². The number of hydrogen-bond acceptors (Lipinski definition) is 5. The Bertz CT molecular complexity index is 1020. The van der Waals surface area contributed by atoms with Crippen molar-refractivity contribution < 1.29 is 4.79 Å². The van der Waals surface area contributed by atoms with Gasteiger partial charge in [-0.1, -0.05) is 29.8 Å². The van der Waals surface area contributed by atoms with Gasteiger partial charge in [-0.25, -0.2) is 9.97 Å². The second-order valence-corrected chi connectivity index (χ2v) is 9.16. The van der Waals surface area contributed by atoms with Crippen molar-refractivity contribution in [3.8, 4) is 0 Å². The molecule has 6 heteroatoms. The molecule has 1 saturated heterocycles. The van der Waals surface area contributed by atoms with E-state index in [1.165, 1.54) is 27.0 Å². The number of anilines is 1. The molecule has 5 nitrogen and oxygen atoms in total. The Hall–Kier alpha value is -2.47. The molecule has 1 N–H and O–H groups in total. The first-order valence-electron chi connectivity index (χ1n) is 10.3. The quantitative estimate of drug-likeness (QED) is 0.688. The zero-order valence-electron chi connectivity index (χ0n) is 17.4. The molecule has 0 bridgehead atoms. The molecule has 3 heterocycles. The fourth-order valence-electron chi connectivity index (χ4n) is 4.10. The summed E-state index contributed by atoms with van der Waals surface area (Å²) in [6, 6.07) is 8.47. The highest BCUT2D eigenvalue weighted by molar-refractivity contribution is 7.18. The fourth-order valence-corrected chi connectivity index (χ4v) is 5.09. The number of carbonyl (C=O) groups excluding carboxylic acids is 1. The van der Waals surface area contributed by atoms with Gasteiger partial charge in [-0.15, -0.1) is 11.3 Å². The summed E-state index contributed by atoms with van der Waals surface area (Å²) >= 11 is 1.73. The third kappa shape index (κ3) is 4.27. The van der Waals surface area contributed by atoms with Crippen LogP contribution in [0.4, 0.5) is 5.82 Å². The molecular formula is C23H28N4OS. The molecule has 1 aliphatic heterocycles. The number of rotatable bonds is 5. The van der Waals surface area contributed by atoms with Gasteiger partial charge in [-0.3, -0.25) is 4.79 Å². The summed E-state index contributed by atoms with van der Waals surface area (Å²) in [5.74, 6) is 1.30. The van der Waals surface area contributed by atoms with Crippen LogP contribution in [0.25, 0.3) is 10.2 Å². The predicted molar refractivity (Wildman–Crippen MR) is 120 cm³/mol. The summed E-state index contributed by atoms with van der Waals surface area (Å²) in [7, 11) is 0. The van der Waals surface area contributed by atoms with Gasteiger partial charge < -0.3 is 10.2 Å². The Kier molecular flexibility index (Phi) is 5.81. The number of piperidine rings is 1. The zero-order valence-corrected chi connectivity index (χ0v) is 18.2. The first-order chi connectivity index (χ1) is 14.0. The van der Waals surface area contributed by atoms with Crippen molar-refractivity contribution in [3.05, 3.63) is 52.2 Å². The van der Waals surface area contributed by atoms with E-state index in [9.17, 15) is 4.79 Å². The van der Waals surface area contributed by atoms with E-state index >= 15 is 0 Å². The van der Waals surface area contributed by atoms with Crippen LogP contribution >= 0.6 is 11.3 Å². The molecule has 0 aliphatic carbocycles. The number of hydrogen-bond donors (Lipinski definition) is 1.